The van der Waals surface area contributed by atoms with E-state index in [9.17, 15) is 4.79 Å². The maximum absolute atomic E-state index is 12.7. The van der Waals surface area contributed by atoms with Gasteiger partial charge < -0.3 is 19.9 Å². The number of ether oxygens (including phenoxy) is 1. The molecule has 1 aromatic heterocycles. The van der Waals surface area contributed by atoms with E-state index in [0.29, 0.717) is 19.7 Å². The van der Waals surface area contributed by atoms with Crippen LogP contribution in [-0.4, -0.2) is 55.1 Å². The van der Waals surface area contributed by atoms with Gasteiger partial charge in [0.2, 0.25) is 0 Å². The standard InChI is InChI=1S/C19H26N4O2/c1-22(2)10-11-23(14-17-7-5-9-20-13-17)19(24)21-18-8-4-6-16(12-18)15-25-3/h4-9,12-13H,10-11,14-15H2,1-3H3,(H,21,24). The average molecular weight is 342 g/mol. The third-order valence-electron chi connectivity index (χ3n) is 3.69. The van der Waals surface area contributed by atoms with Gasteiger partial charge in [-0.1, -0.05) is 18.2 Å². The van der Waals surface area contributed by atoms with Crippen molar-refractivity contribution in [2.24, 2.45) is 0 Å². The van der Waals surface area contributed by atoms with Gasteiger partial charge in [0, 0.05) is 44.8 Å². The summed E-state index contributed by atoms with van der Waals surface area (Å²) in [6.45, 7) is 2.46. The molecule has 0 atom stereocenters. The number of hydrogen-bond donors (Lipinski definition) is 1. The largest absolute Gasteiger partial charge is 0.380 e. The molecular weight excluding hydrogens is 316 g/mol. The Morgan fingerprint density at radius 1 is 1.16 bits per heavy atom. The van der Waals surface area contributed by atoms with Crippen LogP contribution in [0, 0.1) is 0 Å². The highest BCUT2D eigenvalue weighted by atomic mass is 16.5. The SMILES string of the molecule is COCc1cccc(NC(=O)N(CCN(C)C)Cc2cccnc2)c1. The Kier molecular flexibility index (Phi) is 7.37. The molecule has 0 saturated heterocycles. The molecule has 0 saturated carbocycles. The number of likely N-dealkylation sites (N-methyl/N-ethyl adjacent to an activating group) is 1. The molecule has 1 aromatic carbocycles. The molecular formula is C19H26N4O2. The van der Waals surface area contributed by atoms with Crippen LogP contribution in [0.2, 0.25) is 0 Å². The topological polar surface area (TPSA) is 57.7 Å². The molecule has 0 aliphatic carbocycles. The van der Waals surface area contributed by atoms with Crippen molar-refractivity contribution in [1.29, 1.82) is 0 Å². The Morgan fingerprint density at radius 3 is 2.64 bits per heavy atom. The molecule has 1 heterocycles. The summed E-state index contributed by atoms with van der Waals surface area (Å²) in [4.78, 5) is 20.7. The Balaban J connectivity index is 2.07. The number of pyridine rings is 1. The van der Waals surface area contributed by atoms with Crippen molar-refractivity contribution in [2.45, 2.75) is 13.2 Å². The lowest BCUT2D eigenvalue weighted by atomic mass is 10.2. The van der Waals surface area contributed by atoms with E-state index in [0.717, 1.165) is 23.4 Å². The van der Waals surface area contributed by atoms with Crippen molar-refractivity contribution in [3.05, 3.63) is 59.9 Å². The minimum atomic E-state index is -0.125. The summed E-state index contributed by atoms with van der Waals surface area (Å²) in [5.74, 6) is 0. The van der Waals surface area contributed by atoms with Crippen molar-refractivity contribution >= 4 is 11.7 Å². The first kappa shape index (κ1) is 18.9. The number of nitrogens with one attached hydrogen (secondary N) is 1. The lowest BCUT2D eigenvalue weighted by molar-refractivity contribution is 0.185. The van der Waals surface area contributed by atoms with Gasteiger partial charge in [0.1, 0.15) is 0 Å². The maximum Gasteiger partial charge on any atom is 0.322 e. The highest BCUT2D eigenvalue weighted by Crippen LogP contribution is 2.13. The number of anilines is 1. The molecule has 0 bridgehead atoms. The molecule has 25 heavy (non-hydrogen) atoms. The van der Waals surface area contributed by atoms with Crippen molar-refractivity contribution < 1.29 is 9.53 Å². The summed E-state index contributed by atoms with van der Waals surface area (Å²) >= 11 is 0. The fraction of sp³-hybridized carbons (Fsp3) is 0.368. The molecule has 2 rings (SSSR count). The van der Waals surface area contributed by atoms with Crippen LogP contribution >= 0.6 is 0 Å². The predicted molar refractivity (Wildman–Crippen MR) is 99.4 cm³/mol. The molecule has 0 unspecified atom stereocenters. The van der Waals surface area contributed by atoms with Gasteiger partial charge in [-0.2, -0.15) is 0 Å². The highest BCUT2D eigenvalue weighted by molar-refractivity contribution is 5.89. The van der Waals surface area contributed by atoms with Crippen LogP contribution in [-0.2, 0) is 17.9 Å². The number of carbonyl (C=O) groups is 1. The summed E-state index contributed by atoms with van der Waals surface area (Å²) in [5.41, 5.74) is 2.79. The number of rotatable bonds is 8. The maximum atomic E-state index is 12.7. The first-order valence-electron chi connectivity index (χ1n) is 8.26. The first-order chi connectivity index (χ1) is 12.1. The van der Waals surface area contributed by atoms with Gasteiger partial charge in [0.05, 0.1) is 6.61 Å². The molecule has 0 radical (unpaired) electrons. The second-order valence-electron chi connectivity index (χ2n) is 6.15. The van der Waals surface area contributed by atoms with Crippen molar-refractivity contribution in [1.82, 2.24) is 14.8 Å². The van der Waals surface area contributed by atoms with Crippen LogP contribution in [0.15, 0.2) is 48.8 Å². The number of carbonyl (C=O) groups excluding carboxylic acids is 1. The minimum absolute atomic E-state index is 0.125. The summed E-state index contributed by atoms with van der Waals surface area (Å²) in [7, 11) is 5.64. The molecule has 2 amide bonds. The van der Waals surface area contributed by atoms with Crippen LogP contribution in [0.3, 0.4) is 0 Å². The van der Waals surface area contributed by atoms with Crippen LogP contribution in [0.5, 0.6) is 0 Å². The molecule has 2 aromatic rings. The Hall–Kier alpha value is -2.44. The van der Waals surface area contributed by atoms with Crippen molar-refractivity contribution in [2.75, 3.05) is 39.6 Å². The molecule has 6 nitrogen and oxygen atoms in total. The summed E-state index contributed by atoms with van der Waals surface area (Å²) in [6.07, 6.45) is 3.52. The Bertz CT molecular complexity index is 661. The first-order valence-corrected chi connectivity index (χ1v) is 8.26. The van der Waals surface area contributed by atoms with Crippen molar-refractivity contribution in [3.8, 4) is 0 Å². The van der Waals surface area contributed by atoms with E-state index in [4.69, 9.17) is 4.74 Å². The number of hydrogen-bond acceptors (Lipinski definition) is 4. The van der Waals surface area contributed by atoms with E-state index in [-0.39, 0.29) is 6.03 Å². The number of urea groups is 1. The van der Waals surface area contributed by atoms with Gasteiger partial charge in [-0.25, -0.2) is 4.79 Å². The lowest BCUT2D eigenvalue weighted by Crippen LogP contribution is -2.39. The Labute approximate surface area is 149 Å². The van der Waals surface area contributed by atoms with Gasteiger partial charge in [-0.15, -0.1) is 0 Å². The Morgan fingerprint density at radius 2 is 1.96 bits per heavy atom. The second kappa shape index (κ2) is 9.76. The highest BCUT2D eigenvalue weighted by Gasteiger charge is 2.15. The zero-order valence-corrected chi connectivity index (χ0v) is 15.1. The van der Waals surface area contributed by atoms with Crippen molar-refractivity contribution in [3.63, 3.8) is 0 Å². The zero-order chi connectivity index (χ0) is 18.1. The quantitative estimate of drug-likeness (QED) is 0.801. The number of aromatic nitrogens is 1. The predicted octanol–water partition coefficient (Wildman–Crippen LogP) is 2.82. The van der Waals surface area contributed by atoms with Gasteiger partial charge in [-0.3, -0.25) is 4.98 Å². The normalized spacial score (nSPS) is 10.7. The van der Waals surface area contributed by atoms with E-state index in [1.54, 1.807) is 24.4 Å². The molecule has 1 N–H and O–H groups in total. The second-order valence-corrected chi connectivity index (χ2v) is 6.15. The van der Waals surface area contributed by atoms with E-state index in [2.05, 4.69) is 15.2 Å². The van der Waals surface area contributed by atoms with Crippen LogP contribution in [0.25, 0.3) is 0 Å². The average Bonchev–Trinajstić information content (AvgIpc) is 2.60. The summed E-state index contributed by atoms with van der Waals surface area (Å²) in [6, 6.07) is 11.4. The van der Waals surface area contributed by atoms with Crippen LogP contribution in [0.4, 0.5) is 10.5 Å². The number of benzene rings is 1. The third kappa shape index (κ3) is 6.52. The number of methoxy groups -OCH3 is 1. The molecule has 134 valence electrons. The van der Waals surface area contributed by atoms with Crippen LogP contribution in [0.1, 0.15) is 11.1 Å². The summed E-state index contributed by atoms with van der Waals surface area (Å²) in [5, 5.41) is 2.98. The number of nitrogens with zero attached hydrogens (tertiary/aromatic N) is 3. The molecule has 0 fully saturated rings. The molecule has 0 aliphatic rings. The monoisotopic (exact) mass is 342 g/mol. The molecule has 0 aliphatic heterocycles. The number of amides is 2. The fourth-order valence-electron chi connectivity index (χ4n) is 2.39. The van der Waals surface area contributed by atoms with Gasteiger partial charge in [0.25, 0.3) is 0 Å². The van der Waals surface area contributed by atoms with E-state index in [1.807, 2.05) is 50.5 Å². The van der Waals surface area contributed by atoms with E-state index in [1.165, 1.54) is 0 Å². The smallest absolute Gasteiger partial charge is 0.322 e. The van der Waals surface area contributed by atoms with Gasteiger partial charge in [0.15, 0.2) is 0 Å². The lowest BCUT2D eigenvalue weighted by Gasteiger charge is -2.25. The van der Waals surface area contributed by atoms with Gasteiger partial charge >= 0.3 is 6.03 Å². The fourth-order valence-corrected chi connectivity index (χ4v) is 2.39. The molecule has 6 heteroatoms. The summed E-state index contributed by atoms with van der Waals surface area (Å²) < 4.78 is 5.14. The third-order valence-corrected chi connectivity index (χ3v) is 3.69. The minimum Gasteiger partial charge on any atom is -0.380 e. The van der Waals surface area contributed by atoms with E-state index < -0.39 is 0 Å². The zero-order valence-electron chi connectivity index (χ0n) is 15.1. The molecule has 0 spiro atoms. The van der Waals surface area contributed by atoms with Crippen LogP contribution < -0.4 is 5.32 Å². The van der Waals surface area contributed by atoms with E-state index >= 15 is 0 Å². The van der Waals surface area contributed by atoms with Gasteiger partial charge in [-0.05, 0) is 43.4 Å².